The summed E-state index contributed by atoms with van der Waals surface area (Å²) in [6, 6.07) is 6.42. The summed E-state index contributed by atoms with van der Waals surface area (Å²) >= 11 is 1.75. The molecule has 1 fully saturated rings. The molecule has 0 spiro atoms. The largest absolute Gasteiger partial charge is 0.319 e. The Morgan fingerprint density at radius 1 is 1.44 bits per heavy atom. The lowest BCUT2D eigenvalue weighted by molar-refractivity contribution is 0.426. The third-order valence-corrected chi connectivity index (χ3v) is 4.72. The van der Waals surface area contributed by atoms with Gasteiger partial charge in [-0.3, -0.25) is 0 Å². The number of aromatic nitrogens is 1. The average molecular weight is 232 g/mol. The van der Waals surface area contributed by atoms with Gasteiger partial charge in [-0.05, 0) is 50.3 Å². The molecule has 0 saturated heterocycles. The van der Waals surface area contributed by atoms with Crippen LogP contribution < -0.4 is 5.73 Å². The molecule has 1 aromatic heterocycles. The lowest BCUT2D eigenvalue weighted by Crippen LogP contribution is -2.35. The Morgan fingerprint density at radius 3 is 2.88 bits per heavy atom. The molecule has 3 rings (SSSR count). The Morgan fingerprint density at radius 2 is 2.19 bits per heavy atom. The fraction of sp³-hybridized carbons (Fsp3) is 0.462. The third-order valence-electron chi connectivity index (χ3n) is 3.43. The number of hydrogen-bond acceptors (Lipinski definition) is 3. The number of aryl methyl sites for hydroxylation is 1. The van der Waals surface area contributed by atoms with Gasteiger partial charge >= 0.3 is 0 Å². The maximum absolute atomic E-state index is 6.39. The number of nitrogens with zero attached hydrogens (tertiary/aromatic N) is 1. The van der Waals surface area contributed by atoms with Crippen LogP contribution in [0.3, 0.4) is 0 Å². The molecule has 1 unspecified atom stereocenters. The number of benzene rings is 1. The summed E-state index contributed by atoms with van der Waals surface area (Å²) in [7, 11) is 0. The van der Waals surface area contributed by atoms with Crippen molar-refractivity contribution in [2.75, 3.05) is 0 Å². The van der Waals surface area contributed by atoms with Crippen LogP contribution in [0.1, 0.15) is 30.3 Å². The topological polar surface area (TPSA) is 38.9 Å². The second kappa shape index (κ2) is 3.28. The first-order chi connectivity index (χ1) is 7.57. The van der Waals surface area contributed by atoms with Crippen molar-refractivity contribution in [2.45, 2.75) is 32.2 Å². The van der Waals surface area contributed by atoms with Crippen molar-refractivity contribution in [3.63, 3.8) is 0 Å². The molecule has 1 aliphatic rings. The highest BCUT2D eigenvalue weighted by Gasteiger charge is 2.41. The van der Waals surface area contributed by atoms with Crippen LogP contribution >= 0.6 is 11.3 Å². The minimum Gasteiger partial charge on any atom is -0.319 e. The Balaban J connectivity index is 2.11. The zero-order valence-electron chi connectivity index (χ0n) is 9.66. The molecule has 2 nitrogen and oxygen atoms in total. The van der Waals surface area contributed by atoms with Crippen LogP contribution in [0, 0.1) is 12.8 Å². The van der Waals surface area contributed by atoms with E-state index in [4.69, 9.17) is 10.7 Å². The number of fused-ring (bicyclic) bond motifs is 1. The molecule has 0 radical (unpaired) electrons. The highest BCUT2D eigenvalue weighted by Crippen LogP contribution is 2.45. The van der Waals surface area contributed by atoms with Crippen molar-refractivity contribution in [2.24, 2.45) is 11.7 Å². The van der Waals surface area contributed by atoms with E-state index in [1.807, 2.05) is 0 Å². The van der Waals surface area contributed by atoms with E-state index >= 15 is 0 Å². The molecule has 1 atom stereocenters. The van der Waals surface area contributed by atoms with E-state index < -0.39 is 0 Å². The maximum Gasteiger partial charge on any atom is 0.114 e. The summed E-state index contributed by atoms with van der Waals surface area (Å²) in [6.45, 7) is 4.22. The first-order valence-electron chi connectivity index (χ1n) is 5.74. The van der Waals surface area contributed by atoms with E-state index in [9.17, 15) is 0 Å². The highest BCUT2D eigenvalue weighted by atomic mass is 32.1. The second-order valence-electron chi connectivity index (χ2n) is 5.05. The minimum absolute atomic E-state index is 0.225. The zero-order valence-corrected chi connectivity index (χ0v) is 10.5. The molecular formula is C13H16N2S. The lowest BCUT2D eigenvalue weighted by atomic mass is 9.98. The van der Waals surface area contributed by atoms with Crippen molar-refractivity contribution in [3.8, 4) is 0 Å². The Bertz CT molecular complexity index is 538. The molecule has 0 aliphatic heterocycles. The van der Waals surface area contributed by atoms with Crippen LogP contribution in [0.4, 0.5) is 0 Å². The summed E-state index contributed by atoms with van der Waals surface area (Å²) in [6.07, 6.45) is 2.50. The van der Waals surface area contributed by atoms with Gasteiger partial charge in [0.25, 0.3) is 0 Å². The van der Waals surface area contributed by atoms with E-state index in [1.54, 1.807) is 11.3 Å². The summed E-state index contributed by atoms with van der Waals surface area (Å²) in [4.78, 5) is 4.70. The van der Waals surface area contributed by atoms with Crippen LogP contribution in [0.15, 0.2) is 18.2 Å². The monoisotopic (exact) mass is 232 g/mol. The van der Waals surface area contributed by atoms with Crippen LogP contribution in [-0.4, -0.2) is 4.98 Å². The standard InChI is InChI=1S/C13H16N2S/c1-8-3-6-11-10(7-8)15-12(16-11)13(2,14)9-4-5-9/h3,6-7,9H,4-5,14H2,1-2H3. The fourth-order valence-corrected chi connectivity index (χ4v) is 3.21. The van der Waals surface area contributed by atoms with Crippen LogP contribution in [-0.2, 0) is 5.54 Å². The number of thiazole rings is 1. The molecule has 2 N–H and O–H groups in total. The van der Waals surface area contributed by atoms with Gasteiger partial charge in [-0.2, -0.15) is 0 Å². The van der Waals surface area contributed by atoms with Gasteiger partial charge in [-0.25, -0.2) is 4.98 Å². The average Bonchev–Trinajstić information content (AvgIpc) is 2.99. The fourth-order valence-electron chi connectivity index (χ4n) is 2.13. The molecule has 1 aromatic carbocycles. The van der Waals surface area contributed by atoms with E-state index in [-0.39, 0.29) is 5.54 Å². The van der Waals surface area contributed by atoms with Crippen molar-refractivity contribution in [3.05, 3.63) is 28.8 Å². The van der Waals surface area contributed by atoms with Gasteiger partial charge < -0.3 is 5.73 Å². The number of hydrogen-bond donors (Lipinski definition) is 1. The van der Waals surface area contributed by atoms with Crippen molar-refractivity contribution < 1.29 is 0 Å². The van der Waals surface area contributed by atoms with E-state index in [2.05, 4.69) is 32.0 Å². The molecule has 16 heavy (non-hydrogen) atoms. The molecule has 2 aromatic rings. The SMILES string of the molecule is Cc1ccc2sc(C(C)(N)C3CC3)nc2c1. The van der Waals surface area contributed by atoms with Gasteiger partial charge in [0.1, 0.15) is 5.01 Å². The van der Waals surface area contributed by atoms with Crippen LogP contribution in [0.25, 0.3) is 10.2 Å². The first kappa shape index (κ1) is 10.2. The summed E-state index contributed by atoms with van der Waals surface area (Å²) in [5.41, 5.74) is 8.52. The molecule has 0 amide bonds. The lowest BCUT2D eigenvalue weighted by Gasteiger charge is -2.20. The van der Waals surface area contributed by atoms with Crippen LogP contribution in [0.2, 0.25) is 0 Å². The van der Waals surface area contributed by atoms with E-state index in [1.165, 1.54) is 23.1 Å². The zero-order chi connectivity index (χ0) is 11.3. The molecule has 1 saturated carbocycles. The first-order valence-corrected chi connectivity index (χ1v) is 6.55. The van der Waals surface area contributed by atoms with Crippen molar-refractivity contribution in [1.29, 1.82) is 0 Å². The van der Waals surface area contributed by atoms with Crippen LogP contribution in [0.5, 0.6) is 0 Å². The minimum atomic E-state index is -0.225. The van der Waals surface area contributed by atoms with Crippen molar-refractivity contribution >= 4 is 21.6 Å². The van der Waals surface area contributed by atoms with Gasteiger partial charge in [0.2, 0.25) is 0 Å². The molecule has 1 heterocycles. The predicted octanol–water partition coefficient (Wildman–Crippen LogP) is 3.19. The normalized spacial score (nSPS) is 19.9. The predicted molar refractivity (Wildman–Crippen MR) is 68.6 cm³/mol. The van der Waals surface area contributed by atoms with Gasteiger partial charge in [0.15, 0.2) is 0 Å². The molecule has 0 bridgehead atoms. The number of rotatable bonds is 2. The Kier molecular flexibility index (Phi) is 2.10. The number of nitrogens with two attached hydrogens (primary N) is 1. The molecule has 1 aliphatic carbocycles. The van der Waals surface area contributed by atoms with Crippen molar-refractivity contribution in [1.82, 2.24) is 4.98 Å². The smallest absolute Gasteiger partial charge is 0.114 e. The Hall–Kier alpha value is -0.930. The van der Waals surface area contributed by atoms with Gasteiger partial charge in [0, 0.05) is 0 Å². The summed E-state index contributed by atoms with van der Waals surface area (Å²) < 4.78 is 1.25. The second-order valence-corrected chi connectivity index (χ2v) is 6.08. The molecular weight excluding hydrogens is 216 g/mol. The van der Waals surface area contributed by atoms with Gasteiger partial charge in [0.05, 0.1) is 15.8 Å². The highest BCUT2D eigenvalue weighted by molar-refractivity contribution is 7.18. The maximum atomic E-state index is 6.39. The van der Waals surface area contributed by atoms with E-state index in [0.717, 1.165) is 10.5 Å². The quantitative estimate of drug-likeness (QED) is 0.863. The molecule has 3 heteroatoms. The van der Waals surface area contributed by atoms with E-state index in [0.29, 0.717) is 5.92 Å². The summed E-state index contributed by atoms with van der Waals surface area (Å²) in [5, 5.41) is 1.09. The van der Waals surface area contributed by atoms with Gasteiger partial charge in [-0.1, -0.05) is 6.07 Å². The Labute approximate surface area is 99.5 Å². The molecule has 84 valence electrons. The van der Waals surface area contributed by atoms with Gasteiger partial charge in [-0.15, -0.1) is 11.3 Å². The summed E-state index contributed by atoms with van der Waals surface area (Å²) in [5.74, 6) is 0.633. The third kappa shape index (κ3) is 1.55.